The molecular weight excluding hydrogens is 154 g/mol. The molecule has 70 valence electrons. The van der Waals surface area contributed by atoms with Crippen molar-refractivity contribution in [1.82, 2.24) is 5.32 Å². The highest BCUT2D eigenvalue weighted by Crippen LogP contribution is 2.29. The minimum Gasteiger partial charge on any atom is -0.481 e. The number of hydrogen-bond donors (Lipinski definition) is 2. The average molecular weight is 171 g/mol. The van der Waals surface area contributed by atoms with E-state index in [9.17, 15) is 4.79 Å². The van der Waals surface area contributed by atoms with E-state index in [2.05, 4.69) is 12.2 Å². The fourth-order valence-corrected chi connectivity index (χ4v) is 1.80. The van der Waals surface area contributed by atoms with Gasteiger partial charge in [0.05, 0.1) is 6.42 Å². The third kappa shape index (κ3) is 2.81. The number of nitrogens with one attached hydrogen (secondary N) is 1. The summed E-state index contributed by atoms with van der Waals surface area (Å²) in [4.78, 5) is 10.6. The molecule has 0 bridgehead atoms. The fourth-order valence-electron chi connectivity index (χ4n) is 1.80. The molecule has 0 aromatic heterocycles. The van der Waals surface area contributed by atoms with Gasteiger partial charge in [-0.1, -0.05) is 13.3 Å². The Bertz CT molecular complexity index is 160. The van der Waals surface area contributed by atoms with E-state index in [1.807, 2.05) is 0 Å². The first kappa shape index (κ1) is 9.52. The van der Waals surface area contributed by atoms with Gasteiger partial charge in [0, 0.05) is 6.54 Å². The van der Waals surface area contributed by atoms with Gasteiger partial charge >= 0.3 is 5.97 Å². The highest BCUT2D eigenvalue weighted by Gasteiger charge is 2.27. The van der Waals surface area contributed by atoms with Gasteiger partial charge in [0.2, 0.25) is 0 Å². The predicted molar refractivity (Wildman–Crippen MR) is 47.1 cm³/mol. The first-order valence-corrected chi connectivity index (χ1v) is 4.55. The lowest BCUT2D eigenvalue weighted by atomic mass is 9.82. The molecule has 1 saturated heterocycles. The molecule has 0 aliphatic carbocycles. The molecule has 0 aromatic rings. The minimum atomic E-state index is -0.679. The first-order chi connectivity index (χ1) is 5.62. The molecule has 3 nitrogen and oxygen atoms in total. The van der Waals surface area contributed by atoms with Crippen molar-refractivity contribution in [3.8, 4) is 0 Å². The zero-order valence-electron chi connectivity index (χ0n) is 7.60. The summed E-state index contributed by atoms with van der Waals surface area (Å²) in [5, 5.41) is 12.0. The molecule has 12 heavy (non-hydrogen) atoms. The lowest BCUT2D eigenvalue weighted by molar-refractivity contribution is -0.139. The van der Waals surface area contributed by atoms with E-state index in [-0.39, 0.29) is 5.41 Å². The van der Waals surface area contributed by atoms with Crippen molar-refractivity contribution in [3.05, 3.63) is 0 Å². The van der Waals surface area contributed by atoms with Crippen molar-refractivity contribution in [3.63, 3.8) is 0 Å². The SMILES string of the molecule is CC1(CC(=O)O)CCCCNC1. The van der Waals surface area contributed by atoms with Crippen LogP contribution in [0.2, 0.25) is 0 Å². The van der Waals surface area contributed by atoms with Crippen LogP contribution in [-0.4, -0.2) is 24.2 Å². The smallest absolute Gasteiger partial charge is 0.303 e. The van der Waals surface area contributed by atoms with Gasteiger partial charge in [-0.15, -0.1) is 0 Å². The zero-order valence-corrected chi connectivity index (χ0v) is 7.60. The van der Waals surface area contributed by atoms with Gasteiger partial charge in [0.15, 0.2) is 0 Å². The maximum Gasteiger partial charge on any atom is 0.303 e. The van der Waals surface area contributed by atoms with E-state index in [4.69, 9.17) is 5.11 Å². The molecule has 1 unspecified atom stereocenters. The Hall–Kier alpha value is -0.570. The molecule has 1 aliphatic heterocycles. The molecular formula is C9H17NO2. The van der Waals surface area contributed by atoms with Crippen LogP contribution in [-0.2, 0) is 4.79 Å². The topological polar surface area (TPSA) is 49.3 Å². The van der Waals surface area contributed by atoms with E-state index in [1.165, 1.54) is 6.42 Å². The van der Waals surface area contributed by atoms with Gasteiger partial charge in [-0.2, -0.15) is 0 Å². The summed E-state index contributed by atoms with van der Waals surface area (Å²) in [5.41, 5.74) is -0.0255. The van der Waals surface area contributed by atoms with E-state index in [0.717, 1.165) is 25.9 Å². The van der Waals surface area contributed by atoms with E-state index >= 15 is 0 Å². The second-order valence-corrected chi connectivity index (χ2v) is 4.02. The van der Waals surface area contributed by atoms with Crippen molar-refractivity contribution < 1.29 is 9.90 Å². The molecule has 0 spiro atoms. The number of aliphatic carboxylic acids is 1. The van der Waals surface area contributed by atoms with E-state index in [1.54, 1.807) is 0 Å². The highest BCUT2D eigenvalue weighted by molar-refractivity contribution is 5.67. The molecule has 2 N–H and O–H groups in total. The van der Waals surface area contributed by atoms with Crippen LogP contribution in [0.5, 0.6) is 0 Å². The number of carbonyl (C=O) groups is 1. The highest BCUT2D eigenvalue weighted by atomic mass is 16.4. The Balaban J connectivity index is 2.48. The van der Waals surface area contributed by atoms with Gasteiger partial charge in [0.1, 0.15) is 0 Å². The summed E-state index contributed by atoms with van der Waals surface area (Å²) in [7, 11) is 0. The molecule has 1 heterocycles. The molecule has 1 aliphatic rings. The normalized spacial score (nSPS) is 31.1. The summed E-state index contributed by atoms with van der Waals surface area (Å²) < 4.78 is 0. The van der Waals surface area contributed by atoms with Gasteiger partial charge in [-0.25, -0.2) is 0 Å². The molecule has 1 fully saturated rings. The summed E-state index contributed by atoms with van der Waals surface area (Å²) in [6.45, 7) is 3.94. The number of carboxylic acid groups (broad SMARTS) is 1. The van der Waals surface area contributed by atoms with Crippen LogP contribution in [0.1, 0.15) is 32.6 Å². The summed E-state index contributed by atoms with van der Waals surface area (Å²) in [6.07, 6.45) is 3.65. The Morgan fingerprint density at radius 2 is 2.33 bits per heavy atom. The predicted octanol–water partition coefficient (Wildman–Crippen LogP) is 1.24. The van der Waals surface area contributed by atoms with Crippen LogP contribution in [0, 0.1) is 5.41 Å². The second kappa shape index (κ2) is 3.90. The zero-order chi connectivity index (χ0) is 9.03. The quantitative estimate of drug-likeness (QED) is 0.657. The van der Waals surface area contributed by atoms with Crippen LogP contribution >= 0.6 is 0 Å². The standard InChI is InChI=1S/C9H17NO2/c1-9(6-8(11)12)4-2-3-5-10-7-9/h10H,2-7H2,1H3,(H,11,12). The van der Waals surface area contributed by atoms with Crippen LogP contribution in [0.15, 0.2) is 0 Å². The molecule has 0 aromatic carbocycles. The van der Waals surface area contributed by atoms with E-state index < -0.39 is 5.97 Å². The Labute approximate surface area is 73.2 Å². The molecule has 1 atom stereocenters. The monoisotopic (exact) mass is 171 g/mol. The van der Waals surface area contributed by atoms with Crippen LogP contribution in [0.25, 0.3) is 0 Å². The molecule has 1 rings (SSSR count). The second-order valence-electron chi connectivity index (χ2n) is 4.02. The van der Waals surface area contributed by atoms with Crippen molar-refractivity contribution >= 4 is 5.97 Å². The Kier molecular flexibility index (Phi) is 3.09. The van der Waals surface area contributed by atoms with Gasteiger partial charge in [0.25, 0.3) is 0 Å². The van der Waals surface area contributed by atoms with Gasteiger partial charge < -0.3 is 10.4 Å². The lowest BCUT2D eigenvalue weighted by Crippen LogP contribution is -2.31. The van der Waals surface area contributed by atoms with Crippen molar-refractivity contribution in [2.24, 2.45) is 5.41 Å². The molecule has 0 radical (unpaired) electrons. The van der Waals surface area contributed by atoms with Crippen LogP contribution < -0.4 is 5.32 Å². The summed E-state index contributed by atoms with van der Waals surface area (Å²) >= 11 is 0. The number of rotatable bonds is 2. The number of hydrogen-bond acceptors (Lipinski definition) is 2. The Morgan fingerprint density at radius 3 is 3.00 bits per heavy atom. The third-order valence-electron chi connectivity index (χ3n) is 2.51. The van der Waals surface area contributed by atoms with Gasteiger partial charge in [-0.3, -0.25) is 4.79 Å². The van der Waals surface area contributed by atoms with Crippen molar-refractivity contribution in [2.45, 2.75) is 32.6 Å². The first-order valence-electron chi connectivity index (χ1n) is 4.55. The maximum atomic E-state index is 10.6. The van der Waals surface area contributed by atoms with Gasteiger partial charge in [-0.05, 0) is 24.8 Å². The van der Waals surface area contributed by atoms with Crippen molar-refractivity contribution in [2.75, 3.05) is 13.1 Å². The van der Waals surface area contributed by atoms with E-state index in [0.29, 0.717) is 6.42 Å². The third-order valence-corrected chi connectivity index (χ3v) is 2.51. The van der Waals surface area contributed by atoms with Crippen LogP contribution in [0.4, 0.5) is 0 Å². The molecule has 3 heteroatoms. The fraction of sp³-hybridized carbons (Fsp3) is 0.889. The maximum absolute atomic E-state index is 10.6. The minimum absolute atomic E-state index is 0.0255. The largest absolute Gasteiger partial charge is 0.481 e. The molecule has 0 saturated carbocycles. The summed E-state index contributed by atoms with van der Waals surface area (Å²) in [6, 6.07) is 0. The van der Waals surface area contributed by atoms with Crippen molar-refractivity contribution in [1.29, 1.82) is 0 Å². The molecule has 0 amide bonds. The Morgan fingerprint density at radius 1 is 1.58 bits per heavy atom. The van der Waals surface area contributed by atoms with Crippen LogP contribution in [0.3, 0.4) is 0 Å². The number of carboxylic acids is 1. The average Bonchev–Trinajstić information content (AvgIpc) is 2.12. The lowest BCUT2D eigenvalue weighted by Gasteiger charge is -2.25. The summed E-state index contributed by atoms with van der Waals surface area (Å²) in [5.74, 6) is -0.679.